The number of hydrogen-bond donors (Lipinski definition) is 0. The standard InChI is InChI=1S/C18H30O2S2/c1-7-20-15(21)22-13-10-16(2,3)11-18(6)9-12(19)8-17(4,5)14(13)18/h13-14H,7-11H2,1-6H3/t13-,14-,18-/m1/s1. The predicted molar refractivity (Wildman–Crippen MR) is 98.2 cm³/mol. The molecule has 126 valence electrons. The summed E-state index contributed by atoms with van der Waals surface area (Å²) in [6.45, 7) is 14.1. The van der Waals surface area contributed by atoms with Crippen LogP contribution in [-0.2, 0) is 9.53 Å². The van der Waals surface area contributed by atoms with E-state index in [4.69, 9.17) is 17.0 Å². The summed E-state index contributed by atoms with van der Waals surface area (Å²) in [6, 6.07) is 0. The van der Waals surface area contributed by atoms with Crippen LogP contribution in [-0.4, -0.2) is 22.0 Å². The van der Waals surface area contributed by atoms with Crippen LogP contribution in [0.4, 0.5) is 0 Å². The van der Waals surface area contributed by atoms with Crippen LogP contribution < -0.4 is 0 Å². The predicted octanol–water partition coefficient (Wildman–Crippen LogP) is 5.24. The zero-order valence-electron chi connectivity index (χ0n) is 14.8. The molecule has 2 aliphatic carbocycles. The summed E-state index contributed by atoms with van der Waals surface area (Å²) < 4.78 is 6.21. The Hall–Kier alpha value is -0.0900. The van der Waals surface area contributed by atoms with E-state index in [1.165, 1.54) is 0 Å². The number of ether oxygens (including phenoxy) is 1. The summed E-state index contributed by atoms with van der Waals surface area (Å²) in [6.07, 6.45) is 3.69. The summed E-state index contributed by atoms with van der Waals surface area (Å²) in [5, 5.41) is 0.441. The van der Waals surface area contributed by atoms with Gasteiger partial charge in [-0.25, -0.2) is 0 Å². The van der Waals surface area contributed by atoms with Gasteiger partial charge in [-0.3, -0.25) is 4.79 Å². The smallest absolute Gasteiger partial charge is 0.220 e. The largest absolute Gasteiger partial charge is 0.479 e. The van der Waals surface area contributed by atoms with E-state index in [1.54, 1.807) is 11.8 Å². The minimum absolute atomic E-state index is 0.0417. The van der Waals surface area contributed by atoms with Crippen LogP contribution in [0.5, 0.6) is 0 Å². The third-order valence-electron chi connectivity index (χ3n) is 5.36. The molecule has 0 radical (unpaired) electrons. The van der Waals surface area contributed by atoms with Gasteiger partial charge in [-0.2, -0.15) is 0 Å². The number of rotatable bonds is 2. The van der Waals surface area contributed by atoms with Crippen molar-refractivity contribution in [2.45, 2.75) is 72.5 Å². The van der Waals surface area contributed by atoms with E-state index >= 15 is 0 Å². The maximum absolute atomic E-state index is 12.3. The van der Waals surface area contributed by atoms with E-state index in [9.17, 15) is 4.79 Å². The number of fused-ring (bicyclic) bond motifs is 1. The average Bonchev–Trinajstić information content (AvgIpc) is 2.21. The van der Waals surface area contributed by atoms with Gasteiger partial charge in [0.15, 0.2) is 0 Å². The third-order valence-corrected chi connectivity index (χ3v) is 6.82. The van der Waals surface area contributed by atoms with Crippen molar-refractivity contribution in [2.75, 3.05) is 6.61 Å². The highest BCUT2D eigenvalue weighted by molar-refractivity contribution is 8.23. The van der Waals surface area contributed by atoms with Gasteiger partial charge in [-0.05, 0) is 54.1 Å². The fraction of sp³-hybridized carbons (Fsp3) is 0.889. The highest BCUT2D eigenvalue weighted by Gasteiger charge is 2.57. The molecule has 0 N–H and O–H groups in total. The van der Waals surface area contributed by atoms with Crippen molar-refractivity contribution in [1.82, 2.24) is 0 Å². The van der Waals surface area contributed by atoms with Gasteiger partial charge in [0.25, 0.3) is 0 Å². The van der Waals surface area contributed by atoms with E-state index < -0.39 is 0 Å². The Balaban J connectivity index is 2.34. The Kier molecular flexibility index (Phi) is 5.05. The molecule has 3 atom stereocenters. The fourth-order valence-electron chi connectivity index (χ4n) is 5.52. The van der Waals surface area contributed by atoms with Crippen molar-refractivity contribution in [1.29, 1.82) is 0 Å². The van der Waals surface area contributed by atoms with Gasteiger partial charge in [0.2, 0.25) is 4.38 Å². The molecule has 0 amide bonds. The minimum atomic E-state index is 0.0417. The topological polar surface area (TPSA) is 26.3 Å². The van der Waals surface area contributed by atoms with E-state index in [0.29, 0.717) is 34.4 Å². The molecule has 2 aliphatic rings. The Morgan fingerprint density at radius 3 is 2.50 bits per heavy atom. The highest BCUT2D eigenvalue weighted by Crippen LogP contribution is 2.62. The second-order valence-corrected chi connectivity index (χ2v) is 10.7. The lowest BCUT2D eigenvalue weighted by molar-refractivity contribution is -0.138. The first-order valence-electron chi connectivity index (χ1n) is 8.34. The van der Waals surface area contributed by atoms with Crippen molar-refractivity contribution in [2.24, 2.45) is 22.2 Å². The number of carbonyl (C=O) groups excluding carboxylic acids is 1. The van der Waals surface area contributed by atoms with Crippen molar-refractivity contribution in [3.05, 3.63) is 0 Å². The van der Waals surface area contributed by atoms with Crippen molar-refractivity contribution < 1.29 is 9.53 Å². The minimum Gasteiger partial charge on any atom is -0.479 e. The zero-order valence-corrected chi connectivity index (χ0v) is 16.5. The van der Waals surface area contributed by atoms with E-state index in [2.05, 4.69) is 34.6 Å². The molecule has 2 fully saturated rings. The number of ketones is 1. The van der Waals surface area contributed by atoms with Crippen molar-refractivity contribution in [3.8, 4) is 0 Å². The lowest BCUT2D eigenvalue weighted by Gasteiger charge is -2.59. The van der Waals surface area contributed by atoms with Crippen LogP contribution >= 0.6 is 24.0 Å². The normalized spacial score (nSPS) is 36.5. The second kappa shape index (κ2) is 6.08. The molecule has 2 rings (SSSR count). The Labute approximate surface area is 145 Å². The van der Waals surface area contributed by atoms with Gasteiger partial charge in [0.1, 0.15) is 5.78 Å². The molecular weight excluding hydrogens is 312 g/mol. The number of thioether (sulfide) groups is 1. The molecule has 0 heterocycles. The number of carbonyl (C=O) groups is 1. The molecule has 0 bridgehead atoms. The summed E-state index contributed by atoms with van der Waals surface area (Å²) >= 11 is 7.14. The maximum atomic E-state index is 12.3. The summed E-state index contributed by atoms with van der Waals surface area (Å²) in [4.78, 5) is 12.3. The number of Topliss-reactive ketones (excluding diaryl/α,β-unsaturated/α-hetero) is 1. The molecule has 0 spiro atoms. The third kappa shape index (κ3) is 3.69. The summed E-state index contributed by atoms with van der Waals surface area (Å²) in [7, 11) is 0. The first-order chi connectivity index (χ1) is 9.99. The molecule has 4 heteroatoms. The molecular formula is C18H30O2S2. The molecule has 22 heavy (non-hydrogen) atoms. The van der Waals surface area contributed by atoms with Crippen LogP contribution in [0.1, 0.15) is 67.2 Å². The first-order valence-corrected chi connectivity index (χ1v) is 9.63. The lowest BCUT2D eigenvalue weighted by atomic mass is 9.47. The van der Waals surface area contributed by atoms with Gasteiger partial charge in [-0.15, -0.1) is 0 Å². The van der Waals surface area contributed by atoms with E-state index in [1.807, 2.05) is 6.92 Å². The maximum Gasteiger partial charge on any atom is 0.220 e. The van der Waals surface area contributed by atoms with Gasteiger partial charge >= 0.3 is 0 Å². The van der Waals surface area contributed by atoms with Crippen LogP contribution in [0, 0.1) is 22.2 Å². The molecule has 2 saturated carbocycles. The quantitative estimate of drug-likeness (QED) is 0.641. The number of hydrogen-bond acceptors (Lipinski definition) is 4. The summed E-state index contributed by atoms with van der Waals surface area (Å²) in [5.41, 5.74) is 0.374. The molecule has 0 aromatic carbocycles. The zero-order chi connectivity index (χ0) is 16.8. The monoisotopic (exact) mass is 342 g/mol. The van der Waals surface area contributed by atoms with Gasteiger partial charge in [0.05, 0.1) is 6.61 Å². The first kappa shape index (κ1) is 18.3. The Morgan fingerprint density at radius 1 is 1.27 bits per heavy atom. The van der Waals surface area contributed by atoms with Crippen LogP contribution in [0.2, 0.25) is 0 Å². The molecule has 0 aromatic heterocycles. The van der Waals surface area contributed by atoms with Crippen LogP contribution in [0.3, 0.4) is 0 Å². The number of thiocarbonyl (C=S) groups is 1. The van der Waals surface area contributed by atoms with Gasteiger partial charge < -0.3 is 4.74 Å². The van der Waals surface area contributed by atoms with E-state index in [0.717, 1.165) is 19.3 Å². The lowest BCUT2D eigenvalue weighted by Crippen LogP contribution is -2.56. The van der Waals surface area contributed by atoms with Crippen LogP contribution in [0.25, 0.3) is 0 Å². The van der Waals surface area contributed by atoms with E-state index in [-0.39, 0.29) is 16.2 Å². The average molecular weight is 343 g/mol. The summed E-state index contributed by atoms with van der Waals surface area (Å²) in [5.74, 6) is 0.937. The molecule has 0 unspecified atom stereocenters. The van der Waals surface area contributed by atoms with Gasteiger partial charge in [-0.1, -0.05) is 46.4 Å². The van der Waals surface area contributed by atoms with Crippen LogP contribution in [0.15, 0.2) is 0 Å². The van der Waals surface area contributed by atoms with Crippen molar-refractivity contribution in [3.63, 3.8) is 0 Å². The van der Waals surface area contributed by atoms with Gasteiger partial charge in [0, 0.05) is 18.1 Å². The highest BCUT2D eigenvalue weighted by atomic mass is 32.2. The SMILES string of the molecule is CCOC(=S)S[C@@H]1CC(C)(C)C[C@@]2(C)CC(=O)CC(C)(C)[C@@H]12. The Morgan fingerprint density at radius 2 is 1.91 bits per heavy atom. The molecule has 0 aromatic rings. The molecule has 0 saturated heterocycles. The molecule has 2 nitrogen and oxygen atoms in total. The second-order valence-electron chi connectivity index (χ2n) is 8.90. The van der Waals surface area contributed by atoms with Crippen molar-refractivity contribution >= 4 is 34.1 Å². The Bertz CT molecular complexity index is 470. The fourth-order valence-corrected chi connectivity index (χ4v) is 7.81. The molecule has 0 aliphatic heterocycles.